The number of fused-ring (bicyclic) bond motifs is 1. The van der Waals surface area contributed by atoms with Crippen LogP contribution >= 0.6 is 11.3 Å². The molecule has 42 heavy (non-hydrogen) atoms. The van der Waals surface area contributed by atoms with E-state index < -0.39 is 6.10 Å². The lowest BCUT2D eigenvalue weighted by Gasteiger charge is -2.32. The minimum Gasteiger partial charge on any atom is -0.391 e. The number of halogens is 1. The lowest BCUT2D eigenvalue weighted by Crippen LogP contribution is -2.42. The molecule has 0 aliphatic carbocycles. The Labute approximate surface area is 248 Å². The molecule has 2 fully saturated rings. The summed E-state index contributed by atoms with van der Waals surface area (Å²) in [5.74, 6) is 1.07. The number of aromatic nitrogens is 3. The van der Waals surface area contributed by atoms with Crippen LogP contribution < -0.4 is 4.90 Å². The molecule has 0 spiro atoms. The Kier molecular flexibility index (Phi) is 7.94. The maximum Gasteiger partial charge on any atom is 0.270 e. The lowest BCUT2D eigenvalue weighted by atomic mass is 9.90. The molecule has 6 rings (SSSR count). The molecule has 2 aliphatic heterocycles. The van der Waals surface area contributed by atoms with Crippen LogP contribution in [-0.2, 0) is 11.2 Å². The van der Waals surface area contributed by atoms with Crippen LogP contribution in [0.3, 0.4) is 0 Å². The summed E-state index contributed by atoms with van der Waals surface area (Å²) in [6.07, 6.45) is 5.11. The van der Waals surface area contributed by atoms with E-state index in [2.05, 4.69) is 39.4 Å². The van der Waals surface area contributed by atoms with Gasteiger partial charge in [0, 0.05) is 26.3 Å². The van der Waals surface area contributed by atoms with Crippen molar-refractivity contribution in [1.82, 2.24) is 24.2 Å². The SMILES string of the molecule is [C-]#[N+]c1sc(N(C)c2c(CC)nc3ccc(C4CCN(CC(=O)N5CC[C@@H](O)C5)CC4)cn23)nc1-c1ccc(F)cc1. The number of β-amino-alcohol motifs (C(OH)–C–C–N with tert-alkyl or cyclic N) is 1. The van der Waals surface area contributed by atoms with Gasteiger partial charge in [0.15, 0.2) is 5.13 Å². The minimum atomic E-state index is -0.392. The van der Waals surface area contributed by atoms with Crippen LogP contribution in [0.25, 0.3) is 21.7 Å². The largest absolute Gasteiger partial charge is 0.391 e. The van der Waals surface area contributed by atoms with E-state index in [4.69, 9.17) is 16.5 Å². The van der Waals surface area contributed by atoms with Gasteiger partial charge in [-0.3, -0.25) is 14.1 Å². The van der Waals surface area contributed by atoms with Crippen molar-refractivity contribution in [3.8, 4) is 11.3 Å². The highest BCUT2D eigenvalue weighted by atomic mass is 32.1. The first kappa shape index (κ1) is 28.3. The molecule has 0 unspecified atom stereocenters. The van der Waals surface area contributed by atoms with Gasteiger partial charge in [-0.2, -0.15) is 0 Å². The van der Waals surface area contributed by atoms with Gasteiger partial charge in [-0.15, -0.1) is 11.3 Å². The van der Waals surface area contributed by atoms with E-state index in [1.165, 1.54) is 29.0 Å². The fourth-order valence-electron chi connectivity index (χ4n) is 6.02. The second-order valence-electron chi connectivity index (χ2n) is 11.1. The molecule has 1 aromatic carbocycles. The zero-order chi connectivity index (χ0) is 29.4. The Morgan fingerprint density at radius 3 is 2.57 bits per heavy atom. The van der Waals surface area contributed by atoms with Gasteiger partial charge in [0.1, 0.15) is 17.3 Å². The first-order chi connectivity index (χ1) is 20.3. The average molecular weight is 588 g/mol. The number of benzene rings is 1. The molecule has 1 atom stereocenters. The topological polar surface area (TPSA) is 81.6 Å². The van der Waals surface area contributed by atoms with Gasteiger partial charge in [0.25, 0.3) is 5.00 Å². The van der Waals surface area contributed by atoms with Crippen LogP contribution in [0.4, 0.5) is 20.3 Å². The molecule has 0 radical (unpaired) electrons. The summed E-state index contributed by atoms with van der Waals surface area (Å²) in [5, 5.41) is 10.9. The molecule has 2 saturated heterocycles. The molecule has 218 valence electrons. The Morgan fingerprint density at radius 2 is 1.90 bits per heavy atom. The summed E-state index contributed by atoms with van der Waals surface area (Å²) < 4.78 is 15.6. The summed E-state index contributed by atoms with van der Waals surface area (Å²) in [6.45, 7) is 13.0. The van der Waals surface area contributed by atoms with Crippen molar-refractivity contribution >= 4 is 38.8 Å². The third kappa shape index (κ3) is 5.50. The molecular formula is C31H34FN7O2S. The monoisotopic (exact) mass is 587 g/mol. The predicted molar refractivity (Wildman–Crippen MR) is 162 cm³/mol. The van der Waals surface area contributed by atoms with Crippen LogP contribution in [0, 0.1) is 12.4 Å². The first-order valence-electron chi connectivity index (χ1n) is 14.4. The zero-order valence-corrected chi connectivity index (χ0v) is 24.6. The van der Waals surface area contributed by atoms with E-state index in [0.29, 0.717) is 53.4 Å². The number of imidazole rings is 1. The molecule has 0 bridgehead atoms. The highest BCUT2D eigenvalue weighted by Gasteiger charge is 2.28. The van der Waals surface area contributed by atoms with Gasteiger partial charge >= 0.3 is 0 Å². The molecule has 9 nitrogen and oxygen atoms in total. The van der Waals surface area contributed by atoms with Crippen molar-refractivity contribution in [2.75, 3.05) is 44.7 Å². The number of hydrogen-bond acceptors (Lipinski definition) is 7. The second-order valence-corrected chi connectivity index (χ2v) is 12.0. The summed E-state index contributed by atoms with van der Waals surface area (Å²) in [5.41, 5.74) is 4.29. The number of carbonyl (C=O) groups excluding carboxylic acids is 1. The summed E-state index contributed by atoms with van der Waals surface area (Å²) >= 11 is 1.31. The Balaban J connectivity index is 1.22. The second kappa shape index (κ2) is 11.8. The lowest BCUT2D eigenvalue weighted by molar-refractivity contribution is -0.132. The number of amides is 1. The number of thiazole rings is 1. The van der Waals surface area contributed by atoms with Gasteiger partial charge < -0.3 is 14.9 Å². The van der Waals surface area contributed by atoms with Crippen LogP contribution in [-0.4, -0.2) is 81.1 Å². The Hall–Kier alpha value is -3.85. The highest BCUT2D eigenvalue weighted by Crippen LogP contribution is 2.42. The van der Waals surface area contributed by atoms with Gasteiger partial charge in [0.2, 0.25) is 5.91 Å². The summed E-state index contributed by atoms with van der Waals surface area (Å²) in [4.78, 5) is 32.1. The molecule has 5 heterocycles. The number of aliphatic hydroxyl groups excluding tert-OH is 1. The predicted octanol–water partition coefficient (Wildman–Crippen LogP) is 5.25. The first-order valence-corrected chi connectivity index (χ1v) is 15.2. The van der Waals surface area contributed by atoms with Gasteiger partial charge in [-0.05, 0) is 74.0 Å². The van der Waals surface area contributed by atoms with Crippen molar-refractivity contribution in [3.05, 3.63) is 71.1 Å². The van der Waals surface area contributed by atoms with Crippen molar-refractivity contribution in [1.29, 1.82) is 0 Å². The normalized spacial score (nSPS) is 18.1. The molecule has 4 aromatic rings. The number of aliphatic hydroxyl groups is 1. The number of carbonyl (C=O) groups is 1. The van der Waals surface area contributed by atoms with E-state index in [9.17, 15) is 14.3 Å². The van der Waals surface area contributed by atoms with Crippen LogP contribution in [0.2, 0.25) is 0 Å². The standard InChI is InChI=1S/C31H34FN7O2S/c1-4-25-30(36(3)31-35-28(29(33-2)42-31)21-5-8-23(32)9-6-21)39-17-22(7-10-26(39)34-25)20-11-14-37(15-12-20)19-27(41)38-16-13-24(40)18-38/h5-10,17,20,24,40H,4,11-16,18-19H2,1,3H3/t24-/m1/s1. The number of aryl methyl sites for hydroxylation is 1. The van der Waals surface area contributed by atoms with Gasteiger partial charge in [0.05, 0.1) is 30.6 Å². The van der Waals surface area contributed by atoms with Crippen molar-refractivity contribution in [2.45, 2.75) is 44.6 Å². The van der Waals surface area contributed by atoms with E-state index in [1.54, 1.807) is 17.0 Å². The molecule has 2 aliphatic rings. The Bertz CT molecular complexity index is 1640. The summed E-state index contributed by atoms with van der Waals surface area (Å²) in [6, 6.07) is 10.3. The van der Waals surface area contributed by atoms with Crippen LogP contribution in [0.5, 0.6) is 0 Å². The van der Waals surface area contributed by atoms with Crippen molar-refractivity contribution in [2.24, 2.45) is 0 Å². The minimum absolute atomic E-state index is 0.107. The van der Waals surface area contributed by atoms with Crippen molar-refractivity contribution in [3.63, 3.8) is 0 Å². The molecule has 11 heteroatoms. The van der Waals surface area contributed by atoms with Crippen LogP contribution in [0.15, 0.2) is 42.6 Å². The number of nitrogens with zero attached hydrogens (tertiary/aromatic N) is 7. The average Bonchev–Trinajstić information content (AvgIpc) is 3.73. The fourth-order valence-corrected chi connectivity index (χ4v) is 6.86. The van der Waals surface area contributed by atoms with Gasteiger partial charge in [-0.25, -0.2) is 19.2 Å². The van der Waals surface area contributed by atoms with Gasteiger partial charge in [-0.1, -0.05) is 25.1 Å². The molecule has 0 saturated carbocycles. The number of hydrogen-bond donors (Lipinski definition) is 1. The van der Waals surface area contributed by atoms with Crippen LogP contribution in [0.1, 0.15) is 43.4 Å². The number of piperidine rings is 1. The molecule has 3 aromatic heterocycles. The quantitative estimate of drug-likeness (QED) is 0.298. The fraction of sp³-hybridized carbons (Fsp3) is 0.419. The molecule has 1 amide bonds. The Morgan fingerprint density at radius 1 is 1.14 bits per heavy atom. The highest BCUT2D eigenvalue weighted by molar-refractivity contribution is 7.20. The van der Waals surface area contributed by atoms with E-state index in [1.807, 2.05) is 11.9 Å². The third-order valence-electron chi connectivity index (χ3n) is 8.38. The molecular weight excluding hydrogens is 553 g/mol. The number of rotatable bonds is 7. The van der Waals surface area contributed by atoms with E-state index >= 15 is 0 Å². The zero-order valence-electron chi connectivity index (χ0n) is 23.8. The molecule has 1 N–H and O–H groups in total. The number of pyridine rings is 1. The maximum absolute atomic E-state index is 13.5. The number of likely N-dealkylation sites (tertiary alicyclic amines) is 2. The smallest absolute Gasteiger partial charge is 0.270 e. The third-order valence-corrected chi connectivity index (χ3v) is 9.40. The summed E-state index contributed by atoms with van der Waals surface area (Å²) in [7, 11) is 1.95. The van der Waals surface area contributed by atoms with E-state index in [0.717, 1.165) is 49.5 Å². The maximum atomic E-state index is 13.5. The van der Waals surface area contributed by atoms with Crippen molar-refractivity contribution < 1.29 is 14.3 Å². The number of anilines is 2. The van der Waals surface area contributed by atoms with E-state index in [-0.39, 0.29) is 11.7 Å².